The molecular formula is C7H11Cl3O2. The Morgan fingerprint density at radius 2 is 2.00 bits per heavy atom. The first-order chi connectivity index (χ1) is 5.45. The zero-order valence-corrected chi connectivity index (χ0v) is 9.05. The number of halogens is 3. The SMILES string of the molecule is CCCCC(=O)OCC(Cl)(Cl)Cl. The molecule has 0 aromatic carbocycles. The standard InChI is InChI=1S/C7H11Cl3O2/c1-2-3-4-6(11)12-5-7(8,9)10/h2-5H2,1H3. The topological polar surface area (TPSA) is 26.3 Å². The molecule has 2 nitrogen and oxygen atoms in total. The lowest BCUT2D eigenvalue weighted by Crippen LogP contribution is -2.16. The first kappa shape index (κ1) is 12.3. The molecule has 5 heteroatoms. The molecule has 0 atom stereocenters. The van der Waals surface area contributed by atoms with Crippen LogP contribution in [0.3, 0.4) is 0 Å². The average Bonchev–Trinajstić information content (AvgIpc) is 1.95. The van der Waals surface area contributed by atoms with E-state index in [1.165, 1.54) is 0 Å². The fraction of sp³-hybridized carbons (Fsp3) is 0.857. The van der Waals surface area contributed by atoms with Gasteiger partial charge in [-0.1, -0.05) is 48.1 Å². The second kappa shape index (κ2) is 5.90. The maximum Gasteiger partial charge on any atom is 0.305 e. The second-order valence-corrected chi connectivity index (χ2v) is 4.90. The molecule has 72 valence electrons. The normalized spacial score (nSPS) is 11.3. The maximum atomic E-state index is 10.9. The number of carbonyl (C=O) groups excluding carboxylic acids is 1. The van der Waals surface area contributed by atoms with Crippen molar-refractivity contribution in [2.45, 2.75) is 30.0 Å². The third kappa shape index (κ3) is 8.44. The fourth-order valence-corrected chi connectivity index (χ4v) is 0.719. The third-order valence-electron chi connectivity index (χ3n) is 1.13. The van der Waals surface area contributed by atoms with E-state index < -0.39 is 3.79 Å². The molecule has 0 N–H and O–H groups in total. The number of unbranched alkanes of at least 4 members (excludes halogenated alkanes) is 1. The van der Waals surface area contributed by atoms with Crippen LogP contribution in [0.1, 0.15) is 26.2 Å². The quantitative estimate of drug-likeness (QED) is 0.551. The first-order valence-corrected chi connectivity index (χ1v) is 4.81. The van der Waals surface area contributed by atoms with Crippen LogP contribution in [-0.4, -0.2) is 16.4 Å². The highest BCUT2D eigenvalue weighted by molar-refractivity contribution is 6.67. The predicted molar refractivity (Wildman–Crippen MR) is 50.8 cm³/mol. The van der Waals surface area contributed by atoms with Crippen molar-refractivity contribution in [3.63, 3.8) is 0 Å². The number of rotatable bonds is 4. The molecule has 12 heavy (non-hydrogen) atoms. The molecule has 0 aromatic rings. The van der Waals surface area contributed by atoms with Gasteiger partial charge < -0.3 is 4.74 Å². The van der Waals surface area contributed by atoms with Gasteiger partial charge in [0.1, 0.15) is 6.61 Å². The first-order valence-electron chi connectivity index (χ1n) is 3.68. The van der Waals surface area contributed by atoms with E-state index >= 15 is 0 Å². The van der Waals surface area contributed by atoms with E-state index in [0.717, 1.165) is 12.8 Å². The minimum absolute atomic E-state index is 0.180. The summed E-state index contributed by atoms with van der Waals surface area (Å²) in [5.41, 5.74) is 0. The summed E-state index contributed by atoms with van der Waals surface area (Å²) in [5.74, 6) is -0.317. The Labute approximate surface area is 87.1 Å². The van der Waals surface area contributed by atoms with Gasteiger partial charge in [0.2, 0.25) is 3.79 Å². The highest BCUT2D eigenvalue weighted by atomic mass is 35.6. The maximum absolute atomic E-state index is 10.9. The Morgan fingerprint density at radius 1 is 1.42 bits per heavy atom. The zero-order chi connectivity index (χ0) is 9.61. The lowest BCUT2D eigenvalue weighted by molar-refractivity contribution is -0.143. The summed E-state index contributed by atoms with van der Waals surface area (Å²) in [7, 11) is 0. The minimum atomic E-state index is -1.50. The summed E-state index contributed by atoms with van der Waals surface area (Å²) < 4.78 is 3.18. The molecule has 0 spiro atoms. The van der Waals surface area contributed by atoms with Crippen molar-refractivity contribution in [2.24, 2.45) is 0 Å². The van der Waals surface area contributed by atoms with E-state index in [2.05, 4.69) is 4.74 Å². The molecule has 0 fully saturated rings. The van der Waals surface area contributed by atoms with Crippen LogP contribution < -0.4 is 0 Å². The number of esters is 1. The van der Waals surface area contributed by atoms with Gasteiger partial charge in [-0.3, -0.25) is 4.79 Å². The summed E-state index contributed by atoms with van der Waals surface area (Å²) in [6.45, 7) is 1.81. The van der Waals surface area contributed by atoms with Gasteiger partial charge in [0.25, 0.3) is 0 Å². The Balaban J connectivity index is 3.44. The van der Waals surface area contributed by atoms with Gasteiger partial charge in [0.05, 0.1) is 0 Å². The number of hydrogen-bond donors (Lipinski definition) is 0. The van der Waals surface area contributed by atoms with Crippen LogP contribution in [0.15, 0.2) is 0 Å². The smallest absolute Gasteiger partial charge is 0.305 e. The molecule has 0 bridgehead atoms. The van der Waals surface area contributed by atoms with E-state index in [1.54, 1.807) is 0 Å². The molecule has 0 aliphatic heterocycles. The van der Waals surface area contributed by atoms with Gasteiger partial charge in [0.15, 0.2) is 0 Å². The highest BCUT2D eigenvalue weighted by Gasteiger charge is 2.21. The van der Waals surface area contributed by atoms with Crippen LogP contribution in [0.5, 0.6) is 0 Å². The summed E-state index contributed by atoms with van der Waals surface area (Å²) in [5, 5.41) is 0. The molecule has 0 saturated heterocycles. The summed E-state index contributed by atoms with van der Waals surface area (Å²) in [4.78, 5) is 10.9. The summed E-state index contributed by atoms with van der Waals surface area (Å²) >= 11 is 16.1. The van der Waals surface area contributed by atoms with E-state index in [4.69, 9.17) is 34.8 Å². The summed E-state index contributed by atoms with van der Waals surface area (Å²) in [6, 6.07) is 0. The highest BCUT2D eigenvalue weighted by Crippen LogP contribution is 2.26. The molecule has 0 unspecified atom stereocenters. The van der Waals surface area contributed by atoms with Crippen LogP contribution in [-0.2, 0) is 9.53 Å². The van der Waals surface area contributed by atoms with Crippen LogP contribution in [0.25, 0.3) is 0 Å². The third-order valence-corrected chi connectivity index (χ3v) is 1.46. The second-order valence-electron chi connectivity index (χ2n) is 2.38. The van der Waals surface area contributed by atoms with Crippen molar-refractivity contribution < 1.29 is 9.53 Å². The van der Waals surface area contributed by atoms with Crippen molar-refractivity contribution in [3.8, 4) is 0 Å². The van der Waals surface area contributed by atoms with Crippen molar-refractivity contribution in [1.29, 1.82) is 0 Å². The van der Waals surface area contributed by atoms with Crippen LogP contribution in [0, 0.1) is 0 Å². The molecule has 0 rings (SSSR count). The number of hydrogen-bond acceptors (Lipinski definition) is 2. The lowest BCUT2D eigenvalue weighted by Gasteiger charge is -2.10. The van der Waals surface area contributed by atoms with E-state index in [-0.39, 0.29) is 12.6 Å². The predicted octanol–water partition coefficient (Wildman–Crippen LogP) is 3.09. The number of ether oxygens (including phenoxy) is 1. The van der Waals surface area contributed by atoms with Crippen molar-refractivity contribution in [2.75, 3.05) is 6.61 Å². The van der Waals surface area contributed by atoms with Crippen molar-refractivity contribution >= 4 is 40.8 Å². The Hall–Kier alpha value is 0.340. The average molecular weight is 234 g/mol. The van der Waals surface area contributed by atoms with Gasteiger partial charge >= 0.3 is 5.97 Å². The molecule has 0 amide bonds. The van der Waals surface area contributed by atoms with E-state index in [9.17, 15) is 4.79 Å². The number of carbonyl (C=O) groups is 1. The monoisotopic (exact) mass is 232 g/mol. The molecule has 0 aliphatic carbocycles. The number of alkyl halides is 3. The van der Waals surface area contributed by atoms with E-state index in [0.29, 0.717) is 6.42 Å². The fourth-order valence-electron chi connectivity index (χ4n) is 0.556. The Morgan fingerprint density at radius 3 is 2.42 bits per heavy atom. The van der Waals surface area contributed by atoms with Crippen molar-refractivity contribution in [1.82, 2.24) is 0 Å². The Kier molecular flexibility index (Phi) is 6.06. The Bertz CT molecular complexity index is 142. The molecule has 0 aliphatic rings. The minimum Gasteiger partial charge on any atom is -0.461 e. The molecule has 0 heterocycles. The molecule has 0 radical (unpaired) electrons. The van der Waals surface area contributed by atoms with Crippen LogP contribution in [0.2, 0.25) is 0 Å². The van der Waals surface area contributed by atoms with Gasteiger partial charge in [-0.2, -0.15) is 0 Å². The van der Waals surface area contributed by atoms with Crippen LogP contribution in [0.4, 0.5) is 0 Å². The largest absolute Gasteiger partial charge is 0.461 e. The van der Waals surface area contributed by atoms with Gasteiger partial charge in [-0.15, -0.1) is 0 Å². The van der Waals surface area contributed by atoms with Gasteiger partial charge in [0, 0.05) is 6.42 Å². The molecular weight excluding hydrogens is 222 g/mol. The van der Waals surface area contributed by atoms with Gasteiger partial charge in [-0.05, 0) is 6.42 Å². The zero-order valence-electron chi connectivity index (χ0n) is 6.78. The van der Waals surface area contributed by atoms with Crippen molar-refractivity contribution in [3.05, 3.63) is 0 Å². The molecule has 0 aromatic heterocycles. The lowest BCUT2D eigenvalue weighted by atomic mass is 10.2. The summed E-state index contributed by atoms with van der Waals surface area (Å²) in [6.07, 6.45) is 2.14. The molecule has 0 saturated carbocycles. The van der Waals surface area contributed by atoms with Gasteiger partial charge in [-0.25, -0.2) is 0 Å². The van der Waals surface area contributed by atoms with Crippen LogP contribution >= 0.6 is 34.8 Å². The van der Waals surface area contributed by atoms with E-state index in [1.807, 2.05) is 6.92 Å².